The summed E-state index contributed by atoms with van der Waals surface area (Å²) < 4.78 is 0. The van der Waals surface area contributed by atoms with Crippen LogP contribution in [0.1, 0.15) is 31.2 Å². The van der Waals surface area contributed by atoms with E-state index in [1.54, 1.807) is 18.2 Å². The van der Waals surface area contributed by atoms with Gasteiger partial charge in [-0.1, -0.05) is 71.4 Å². The highest BCUT2D eigenvalue weighted by atomic mass is 35.5. The van der Waals surface area contributed by atoms with Crippen molar-refractivity contribution in [3.8, 4) is 0 Å². The molecule has 2 aromatic rings. The number of anilines is 1. The van der Waals surface area contributed by atoms with Crippen molar-refractivity contribution in [1.29, 1.82) is 0 Å². The van der Waals surface area contributed by atoms with Gasteiger partial charge in [0.05, 0.1) is 27.2 Å². The molecule has 2 aromatic carbocycles. The van der Waals surface area contributed by atoms with Crippen LogP contribution < -0.4 is 5.32 Å². The van der Waals surface area contributed by atoms with Gasteiger partial charge in [0.2, 0.25) is 5.91 Å². The number of nitrogens with one attached hydrogen (secondary N) is 1. The number of rotatable bonds is 4. The minimum absolute atomic E-state index is 0.156. The average molecular weight is 432 g/mol. The minimum atomic E-state index is -0.333. The van der Waals surface area contributed by atoms with E-state index in [0.717, 1.165) is 42.0 Å². The smallest absolute Gasteiger partial charge is 0.234 e. The number of hydrogen-bond acceptors (Lipinski definition) is 4. The van der Waals surface area contributed by atoms with Gasteiger partial charge in [0.25, 0.3) is 0 Å². The summed E-state index contributed by atoms with van der Waals surface area (Å²) in [6.45, 7) is 0. The van der Waals surface area contributed by atoms with Gasteiger partial charge in [-0.2, -0.15) is 0 Å². The molecule has 4 nitrogen and oxygen atoms in total. The summed E-state index contributed by atoms with van der Waals surface area (Å²) in [6, 6.07) is 15.2. The lowest BCUT2D eigenvalue weighted by Gasteiger charge is -2.14. The highest BCUT2D eigenvalue weighted by molar-refractivity contribution is 8.16. The molecule has 1 fully saturated rings. The number of carbonyl (C=O) groups is 1. The zero-order valence-electron chi connectivity index (χ0n) is 15.1. The third kappa shape index (κ3) is 4.12. The second kappa shape index (κ2) is 8.27. The molecular formula is C21H19Cl2N3OS. The van der Waals surface area contributed by atoms with E-state index >= 15 is 0 Å². The van der Waals surface area contributed by atoms with Gasteiger partial charge in [-0.05, 0) is 37.8 Å². The zero-order chi connectivity index (χ0) is 19.6. The molecular weight excluding hydrogens is 413 g/mol. The normalized spacial score (nSPS) is 17.5. The van der Waals surface area contributed by atoms with Crippen LogP contribution in [0.2, 0.25) is 10.0 Å². The maximum absolute atomic E-state index is 12.5. The Kier molecular flexibility index (Phi) is 5.76. The molecule has 0 saturated heterocycles. The number of halogens is 2. The van der Waals surface area contributed by atoms with Gasteiger partial charge < -0.3 is 5.32 Å². The molecule has 1 aliphatic carbocycles. The standard InChI is InChI=1S/C21H19Cl2N3OS/c22-15-9-6-10-16(18(15)23)24-17(27)13-28-20-19(14-7-2-1-3-8-14)25-21(26-20)11-4-5-12-21/h1-3,6-10H,4-5,11-13H2,(H,24,27). The number of hydrogen-bond donors (Lipinski definition) is 1. The Labute approximate surface area is 178 Å². The van der Waals surface area contributed by atoms with Crippen LogP contribution in [0.4, 0.5) is 5.69 Å². The van der Waals surface area contributed by atoms with Crippen LogP contribution in [0.25, 0.3) is 0 Å². The SMILES string of the molecule is O=C(CSC1=NC2(CCCC2)N=C1c1ccccc1)Nc1cccc(Cl)c1Cl. The van der Waals surface area contributed by atoms with E-state index in [1.807, 2.05) is 30.3 Å². The Hall–Kier alpha value is -1.82. The molecule has 1 aliphatic heterocycles. The Morgan fingerprint density at radius 3 is 2.54 bits per heavy atom. The fraction of sp³-hybridized carbons (Fsp3) is 0.286. The minimum Gasteiger partial charge on any atom is -0.324 e. The number of amides is 1. The monoisotopic (exact) mass is 431 g/mol. The van der Waals surface area contributed by atoms with E-state index in [0.29, 0.717) is 15.7 Å². The molecule has 1 N–H and O–H groups in total. The summed E-state index contributed by atoms with van der Waals surface area (Å²) >= 11 is 13.6. The van der Waals surface area contributed by atoms with Crippen molar-refractivity contribution >= 4 is 57.3 Å². The van der Waals surface area contributed by atoms with Crippen molar-refractivity contribution in [3.63, 3.8) is 0 Å². The molecule has 1 amide bonds. The Morgan fingerprint density at radius 1 is 1.04 bits per heavy atom. The van der Waals surface area contributed by atoms with Crippen molar-refractivity contribution in [2.24, 2.45) is 9.98 Å². The van der Waals surface area contributed by atoms with Gasteiger partial charge in [-0.15, -0.1) is 0 Å². The molecule has 0 atom stereocenters. The van der Waals surface area contributed by atoms with Crippen LogP contribution in [0.3, 0.4) is 0 Å². The lowest BCUT2D eigenvalue weighted by molar-refractivity contribution is -0.113. The summed E-state index contributed by atoms with van der Waals surface area (Å²) in [5.74, 6) is 0.0699. The maximum Gasteiger partial charge on any atom is 0.234 e. The van der Waals surface area contributed by atoms with Crippen molar-refractivity contribution in [2.75, 3.05) is 11.1 Å². The second-order valence-electron chi connectivity index (χ2n) is 6.87. The fourth-order valence-corrected chi connectivity index (χ4v) is 4.72. The van der Waals surface area contributed by atoms with Gasteiger partial charge >= 0.3 is 0 Å². The first-order valence-electron chi connectivity index (χ1n) is 9.18. The Morgan fingerprint density at radius 2 is 1.79 bits per heavy atom. The molecule has 0 bridgehead atoms. The van der Waals surface area contributed by atoms with E-state index in [9.17, 15) is 4.79 Å². The third-order valence-corrected chi connectivity index (χ3v) is 6.63. The molecule has 0 aromatic heterocycles. The Bertz CT molecular complexity index is 953. The maximum atomic E-state index is 12.5. The first-order chi connectivity index (χ1) is 13.6. The van der Waals surface area contributed by atoms with E-state index in [-0.39, 0.29) is 17.3 Å². The summed E-state index contributed by atoms with van der Waals surface area (Å²) in [6.07, 6.45) is 4.22. The van der Waals surface area contributed by atoms with Crippen LogP contribution in [-0.4, -0.2) is 28.1 Å². The van der Waals surface area contributed by atoms with Crippen molar-refractivity contribution in [1.82, 2.24) is 0 Å². The molecule has 0 radical (unpaired) electrons. The molecule has 7 heteroatoms. The largest absolute Gasteiger partial charge is 0.324 e. The van der Waals surface area contributed by atoms with Gasteiger partial charge in [-0.3, -0.25) is 9.79 Å². The quantitative estimate of drug-likeness (QED) is 0.660. The van der Waals surface area contributed by atoms with E-state index in [2.05, 4.69) is 5.32 Å². The predicted molar refractivity (Wildman–Crippen MR) is 119 cm³/mol. The van der Waals surface area contributed by atoms with Crippen LogP contribution in [0, 0.1) is 0 Å². The van der Waals surface area contributed by atoms with Gasteiger partial charge in [0.1, 0.15) is 5.04 Å². The first-order valence-corrected chi connectivity index (χ1v) is 10.9. The average Bonchev–Trinajstić information content (AvgIpc) is 3.31. The molecule has 0 unspecified atom stereocenters. The van der Waals surface area contributed by atoms with Crippen LogP contribution in [0.15, 0.2) is 58.5 Å². The molecule has 2 aliphatic rings. The van der Waals surface area contributed by atoms with Gasteiger partial charge in [0.15, 0.2) is 5.66 Å². The van der Waals surface area contributed by atoms with E-state index < -0.39 is 0 Å². The molecule has 144 valence electrons. The lowest BCUT2D eigenvalue weighted by atomic mass is 10.1. The molecule has 4 rings (SSSR count). The molecule has 28 heavy (non-hydrogen) atoms. The molecule has 1 spiro atoms. The zero-order valence-corrected chi connectivity index (χ0v) is 17.4. The molecule has 1 heterocycles. The lowest BCUT2D eigenvalue weighted by Crippen LogP contribution is -2.18. The van der Waals surface area contributed by atoms with Crippen molar-refractivity contribution < 1.29 is 4.79 Å². The number of nitrogens with zero attached hydrogens (tertiary/aromatic N) is 2. The second-order valence-corrected chi connectivity index (χ2v) is 8.62. The first kappa shape index (κ1) is 19.5. The Balaban J connectivity index is 1.49. The van der Waals surface area contributed by atoms with Gasteiger partial charge in [0, 0.05) is 5.56 Å². The van der Waals surface area contributed by atoms with Crippen LogP contribution in [0.5, 0.6) is 0 Å². The number of thioether (sulfide) groups is 1. The number of benzene rings is 2. The summed E-state index contributed by atoms with van der Waals surface area (Å²) in [5.41, 5.74) is 2.11. The van der Waals surface area contributed by atoms with Crippen LogP contribution in [-0.2, 0) is 4.79 Å². The molecule has 1 saturated carbocycles. The van der Waals surface area contributed by atoms with Gasteiger partial charge in [-0.25, -0.2) is 4.99 Å². The fourth-order valence-electron chi connectivity index (χ4n) is 3.49. The number of carbonyl (C=O) groups excluding carboxylic acids is 1. The van der Waals surface area contributed by atoms with Crippen LogP contribution >= 0.6 is 35.0 Å². The predicted octanol–water partition coefficient (Wildman–Crippen LogP) is 5.84. The van der Waals surface area contributed by atoms with E-state index in [1.165, 1.54) is 11.8 Å². The third-order valence-electron chi connectivity index (χ3n) is 4.85. The van der Waals surface area contributed by atoms with Crippen molar-refractivity contribution in [3.05, 3.63) is 64.1 Å². The highest BCUT2D eigenvalue weighted by Gasteiger charge is 2.39. The highest BCUT2D eigenvalue weighted by Crippen LogP contribution is 2.40. The number of aliphatic imine (C=N–C) groups is 2. The van der Waals surface area contributed by atoms with E-state index in [4.69, 9.17) is 33.2 Å². The van der Waals surface area contributed by atoms with Crippen molar-refractivity contribution in [2.45, 2.75) is 31.3 Å². The summed E-state index contributed by atoms with van der Waals surface area (Å²) in [5, 5.41) is 4.41. The topological polar surface area (TPSA) is 53.8 Å². The summed E-state index contributed by atoms with van der Waals surface area (Å²) in [7, 11) is 0. The summed E-state index contributed by atoms with van der Waals surface area (Å²) in [4.78, 5) is 22.4.